The number of sulfonamides is 1. The molecule has 0 unspecified atom stereocenters. The zero-order chi connectivity index (χ0) is 25.0. The van der Waals surface area contributed by atoms with Crippen LogP contribution in [0.3, 0.4) is 0 Å². The summed E-state index contributed by atoms with van der Waals surface area (Å²) in [5, 5.41) is 2.71. The Morgan fingerprint density at radius 1 is 1.09 bits per heavy atom. The predicted octanol–water partition coefficient (Wildman–Crippen LogP) is 4.06. The number of hydrogen-bond acceptors (Lipinski definition) is 5. The molecule has 0 fully saturated rings. The van der Waals surface area contributed by atoms with E-state index in [-0.39, 0.29) is 17.0 Å². The van der Waals surface area contributed by atoms with Crippen LogP contribution in [-0.2, 0) is 16.6 Å². The van der Waals surface area contributed by atoms with Crippen LogP contribution in [0.4, 0.5) is 10.1 Å². The largest absolute Gasteiger partial charge is 0.495 e. The van der Waals surface area contributed by atoms with E-state index in [9.17, 15) is 17.6 Å². The minimum Gasteiger partial charge on any atom is -0.495 e. The highest BCUT2D eigenvalue weighted by molar-refractivity contribution is 7.92. The maximum atomic E-state index is 14.6. The van der Waals surface area contributed by atoms with Crippen molar-refractivity contribution in [2.24, 2.45) is 0 Å². The van der Waals surface area contributed by atoms with Crippen LogP contribution >= 0.6 is 0 Å². The number of aromatic nitrogens is 2. The Kier molecular flexibility index (Phi) is 6.83. The lowest BCUT2D eigenvalue weighted by Gasteiger charge is -2.12. The number of para-hydroxylation sites is 2. The molecule has 8 nitrogen and oxygen atoms in total. The van der Waals surface area contributed by atoms with E-state index in [1.54, 1.807) is 60.3 Å². The Morgan fingerprint density at radius 3 is 2.49 bits per heavy atom. The van der Waals surface area contributed by atoms with Gasteiger partial charge in [-0.2, -0.15) is 0 Å². The van der Waals surface area contributed by atoms with Crippen molar-refractivity contribution in [1.29, 1.82) is 0 Å². The molecule has 4 aromatic rings. The first-order valence-electron chi connectivity index (χ1n) is 10.6. The van der Waals surface area contributed by atoms with Gasteiger partial charge in [0.2, 0.25) is 0 Å². The van der Waals surface area contributed by atoms with Gasteiger partial charge in [-0.3, -0.25) is 9.52 Å². The Labute approximate surface area is 202 Å². The predicted molar refractivity (Wildman–Crippen MR) is 130 cm³/mol. The van der Waals surface area contributed by atoms with Crippen molar-refractivity contribution in [2.75, 3.05) is 11.8 Å². The number of anilines is 1. The Morgan fingerprint density at radius 2 is 1.83 bits per heavy atom. The molecule has 0 bridgehead atoms. The Bertz CT molecular complexity index is 1470. The van der Waals surface area contributed by atoms with Crippen LogP contribution in [0, 0.1) is 12.7 Å². The summed E-state index contributed by atoms with van der Waals surface area (Å²) in [5.41, 5.74) is 1.52. The Hall–Kier alpha value is -4.18. The number of nitrogens with zero attached hydrogens (tertiary/aromatic N) is 2. The minimum absolute atomic E-state index is 0.00703. The molecule has 0 aliphatic carbocycles. The fourth-order valence-electron chi connectivity index (χ4n) is 3.49. The summed E-state index contributed by atoms with van der Waals surface area (Å²) < 4.78 is 49.3. The van der Waals surface area contributed by atoms with Crippen molar-refractivity contribution < 1.29 is 22.3 Å². The van der Waals surface area contributed by atoms with E-state index in [0.717, 1.165) is 0 Å². The highest BCUT2D eigenvalue weighted by atomic mass is 32.2. The van der Waals surface area contributed by atoms with Gasteiger partial charge in [0, 0.05) is 24.5 Å². The first kappa shape index (κ1) is 24.0. The van der Waals surface area contributed by atoms with Crippen LogP contribution in [0.1, 0.15) is 21.7 Å². The summed E-state index contributed by atoms with van der Waals surface area (Å²) in [7, 11) is -2.44. The van der Waals surface area contributed by atoms with E-state index >= 15 is 0 Å². The van der Waals surface area contributed by atoms with Gasteiger partial charge in [0.1, 0.15) is 17.4 Å². The smallest absolute Gasteiger partial charge is 0.262 e. The highest BCUT2D eigenvalue weighted by Crippen LogP contribution is 2.26. The average molecular weight is 495 g/mol. The third kappa shape index (κ3) is 5.33. The second-order valence-corrected chi connectivity index (χ2v) is 9.33. The third-order valence-corrected chi connectivity index (χ3v) is 6.71. The molecule has 3 aromatic carbocycles. The summed E-state index contributed by atoms with van der Waals surface area (Å²) >= 11 is 0. The lowest BCUT2D eigenvalue weighted by atomic mass is 10.1. The number of hydrogen-bond donors (Lipinski definition) is 2. The number of amides is 1. The summed E-state index contributed by atoms with van der Waals surface area (Å²) in [4.78, 5) is 16.6. The minimum atomic E-state index is -3.88. The van der Waals surface area contributed by atoms with Crippen LogP contribution < -0.4 is 14.8 Å². The topological polar surface area (TPSA) is 102 Å². The highest BCUT2D eigenvalue weighted by Gasteiger charge is 2.17. The molecule has 0 radical (unpaired) electrons. The second-order valence-electron chi connectivity index (χ2n) is 7.64. The molecule has 0 saturated carbocycles. The number of ether oxygens (including phenoxy) is 1. The molecule has 0 atom stereocenters. The van der Waals surface area contributed by atoms with Gasteiger partial charge in [-0.05, 0) is 61.0 Å². The molecule has 1 amide bonds. The number of carbonyl (C=O) groups excluding carboxylic acids is 1. The van der Waals surface area contributed by atoms with E-state index in [2.05, 4.69) is 15.0 Å². The molecule has 4 rings (SSSR count). The first-order valence-corrected chi connectivity index (χ1v) is 12.1. The number of carbonyl (C=O) groups is 1. The summed E-state index contributed by atoms with van der Waals surface area (Å²) in [5.74, 6) is 0.196. The third-order valence-electron chi connectivity index (χ3n) is 5.33. The lowest BCUT2D eigenvalue weighted by molar-refractivity contribution is 0.0950. The standard InChI is InChI=1S/C25H23FN4O4S/c1-17-27-13-14-30(17)23-12-7-18(15-21(23)26)16-28-25(31)19-8-10-20(11-9-19)35(32,33)29-22-5-3-4-6-24(22)34-2/h3-15,29H,16H2,1-2H3,(H,28,31). The SMILES string of the molecule is COc1ccccc1NS(=O)(=O)c1ccc(C(=O)NCc2ccc(-n3ccnc3C)c(F)c2)cc1. The maximum Gasteiger partial charge on any atom is 0.262 e. The van der Waals surface area contributed by atoms with Gasteiger partial charge in [0.25, 0.3) is 15.9 Å². The van der Waals surface area contributed by atoms with Crippen LogP contribution in [0.5, 0.6) is 5.75 Å². The van der Waals surface area contributed by atoms with Crippen LogP contribution in [0.2, 0.25) is 0 Å². The molecule has 0 spiro atoms. The quantitative estimate of drug-likeness (QED) is 0.385. The maximum absolute atomic E-state index is 14.6. The van der Waals surface area contributed by atoms with E-state index < -0.39 is 21.7 Å². The molecule has 0 aliphatic rings. The second kappa shape index (κ2) is 9.98. The number of aryl methyl sites for hydroxylation is 1. The van der Waals surface area contributed by atoms with E-state index in [4.69, 9.17) is 4.74 Å². The van der Waals surface area contributed by atoms with Gasteiger partial charge in [0.05, 0.1) is 23.4 Å². The van der Waals surface area contributed by atoms with Crippen molar-refractivity contribution in [2.45, 2.75) is 18.4 Å². The van der Waals surface area contributed by atoms with Crippen LogP contribution in [-0.4, -0.2) is 31.0 Å². The fraction of sp³-hybridized carbons (Fsp3) is 0.120. The van der Waals surface area contributed by atoms with Crippen molar-refractivity contribution in [3.05, 3.63) is 102 Å². The van der Waals surface area contributed by atoms with Gasteiger partial charge >= 0.3 is 0 Å². The molecular formula is C25H23FN4O4S. The van der Waals surface area contributed by atoms with Crippen molar-refractivity contribution in [3.8, 4) is 11.4 Å². The molecule has 1 heterocycles. The molecule has 35 heavy (non-hydrogen) atoms. The van der Waals surface area contributed by atoms with Gasteiger partial charge in [-0.1, -0.05) is 18.2 Å². The molecule has 2 N–H and O–H groups in total. The zero-order valence-corrected chi connectivity index (χ0v) is 19.8. The number of methoxy groups -OCH3 is 1. The Balaban J connectivity index is 1.41. The number of rotatable bonds is 8. The van der Waals surface area contributed by atoms with E-state index in [1.807, 2.05) is 0 Å². The summed E-state index contributed by atoms with van der Waals surface area (Å²) in [6, 6.07) is 16.9. The summed E-state index contributed by atoms with van der Waals surface area (Å²) in [6.45, 7) is 1.88. The average Bonchev–Trinajstić information content (AvgIpc) is 3.28. The van der Waals surface area contributed by atoms with Gasteiger partial charge in [-0.15, -0.1) is 0 Å². The molecule has 0 saturated heterocycles. The van der Waals surface area contributed by atoms with Crippen LogP contribution in [0.25, 0.3) is 5.69 Å². The number of imidazole rings is 1. The normalized spacial score (nSPS) is 11.2. The zero-order valence-electron chi connectivity index (χ0n) is 19.0. The number of benzene rings is 3. The van der Waals surface area contributed by atoms with Crippen molar-refractivity contribution in [3.63, 3.8) is 0 Å². The van der Waals surface area contributed by atoms with Gasteiger partial charge < -0.3 is 14.6 Å². The number of nitrogens with one attached hydrogen (secondary N) is 2. The van der Waals surface area contributed by atoms with E-state index in [1.165, 1.54) is 37.4 Å². The lowest BCUT2D eigenvalue weighted by Crippen LogP contribution is -2.23. The molecule has 1 aromatic heterocycles. The molecule has 180 valence electrons. The molecule has 0 aliphatic heterocycles. The van der Waals surface area contributed by atoms with Crippen molar-refractivity contribution in [1.82, 2.24) is 14.9 Å². The summed E-state index contributed by atoms with van der Waals surface area (Å²) in [6.07, 6.45) is 3.26. The molecular weight excluding hydrogens is 471 g/mol. The van der Waals surface area contributed by atoms with Gasteiger partial charge in [0.15, 0.2) is 0 Å². The van der Waals surface area contributed by atoms with Crippen molar-refractivity contribution >= 4 is 21.6 Å². The molecule has 10 heteroatoms. The van der Waals surface area contributed by atoms with E-state index in [0.29, 0.717) is 28.5 Å². The first-order chi connectivity index (χ1) is 16.8. The van der Waals surface area contributed by atoms with Crippen LogP contribution in [0.15, 0.2) is 84.0 Å². The monoisotopic (exact) mass is 494 g/mol. The van der Waals surface area contributed by atoms with Gasteiger partial charge in [-0.25, -0.2) is 17.8 Å². The number of halogens is 1. The fourth-order valence-corrected chi connectivity index (χ4v) is 4.56.